The number of para-hydroxylation sites is 1. The molecule has 2 N–H and O–H groups in total. The minimum absolute atomic E-state index is 0.0194. The fraction of sp³-hybridized carbons (Fsp3) is 0.250. The molecule has 1 aliphatic carbocycles. The molecule has 6 heteroatoms. The van der Waals surface area contributed by atoms with E-state index in [-0.39, 0.29) is 17.7 Å². The van der Waals surface area contributed by atoms with Crippen LogP contribution >= 0.6 is 0 Å². The largest absolute Gasteiger partial charge is 0.457 e. The molecule has 1 aromatic heterocycles. The zero-order chi connectivity index (χ0) is 23.5. The molecule has 172 valence electrons. The molecule has 2 aromatic carbocycles. The lowest BCUT2D eigenvalue weighted by molar-refractivity contribution is -0.127. The number of aromatic nitrogens is 2. The van der Waals surface area contributed by atoms with Crippen LogP contribution in [0.5, 0.6) is 11.5 Å². The Labute approximate surface area is 199 Å². The number of allylic oxidation sites excluding steroid dienone is 1. The van der Waals surface area contributed by atoms with Gasteiger partial charge < -0.3 is 15.4 Å². The van der Waals surface area contributed by atoms with Crippen molar-refractivity contribution in [2.45, 2.75) is 25.2 Å². The molecule has 3 aromatic rings. The Morgan fingerprint density at radius 2 is 1.85 bits per heavy atom. The Balaban J connectivity index is 1.44. The van der Waals surface area contributed by atoms with E-state index in [1.807, 2.05) is 47.4 Å². The van der Waals surface area contributed by atoms with Crippen molar-refractivity contribution in [2.24, 2.45) is 5.92 Å². The predicted molar refractivity (Wildman–Crippen MR) is 133 cm³/mol. The molecule has 2 atom stereocenters. The molecule has 34 heavy (non-hydrogen) atoms. The summed E-state index contributed by atoms with van der Waals surface area (Å²) in [4.78, 5) is 23.0. The van der Waals surface area contributed by atoms with Crippen LogP contribution < -0.4 is 10.5 Å². The summed E-state index contributed by atoms with van der Waals surface area (Å²) >= 11 is 0. The van der Waals surface area contributed by atoms with Gasteiger partial charge in [0.2, 0.25) is 5.91 Å². The van der Waals surface area contributed by atoms with Crippen LogP contribution in [0.2, 0.25) is 0 Å². The van der Waals surface area contributed by atoms with Crippen LogP contribution in [0.4, 0.5) is 5.82 Å². The van der Waals surface area contributed by atoms with E-state index in [0.717, 1.165) is 54.1 Å². The SMILES string of the molecule is C=CC(=O)N1CCCC(C2=CC(c3ccc(Oc4ccccc4)cc3)Cc3c(N)ncnc32)C1. The van der Waals surface area contributed by atoms with Gasteiger partial charge in [0.15, 0.2) is 0 Å². The number of nitrogen functional groups attached to an aromatic ring is 1. The number of carbonyl (C=O) groups excluding carboxylic acids is 1. The quantitative estimate of drug-likeness (QED) is 0.551. The van der Waals surface area contributed by atoms with Gasteiger partial charge >= 0.3 is 0 Å². The van der Waals surface area contributed by atoms with E-state index in [4.69, 9.17) is 10.5 Å². The van der Waals surface area contributed by atoms with E-state index >= 15 is 0 Å². The van der Waals surface area contributed by atoms with Crippen molar-refractivity contribution in [2.75, 3.05) is 18.8 Å². The van der Waals surface area contributed by atoms with Gasteiger partial charge in [-0.1, -0.05) is 43.0 Å². The normalized spacial score (nSPS) is 19.6. The summed E-state index contributed by atoms with van der Waals surface area (Å²) in [6.45, 7) is 5.08. The first-order valence-electron chi connectivity index (χ1n) is 11.7. The molecule has 1 amide bonds. The highest BCUT2D eigenvalue weighted by Crippen LogP contribution is 2.41. The van der Waals surface area contributed by atoms with Gasteiger partial charge in [0.1, 0.15) is 23.6 Å². The maximum Gasteiger partial charge on any atom is 0.245 e. The molecular formula is C28H28N4O2. The predicted octanol–water partition coefficient (Wildman–Crippen LogP) is 5.00. The number of hydrogen-bond donors (Lipinski definition) is 1. The number of nitrogens with two attached hydrogens (primary N) is 1. The van der Waals surface area contributed by atoms with Gasteiger partial charge in [-0.05, 0) is 60.7 Å². The number of hydrogen-bond acceptors (Lipinski definition) is 5. The zero-order valence-electron chi connectivity index (χ0n) is 19.1. The molecule has 2 heterocycles. The maximum atomic E-state index is 12.3. The summed E-state index contributed by atoms with van der Waals surface area (Å²) in [6, 6.07) is 18.0. The fourth-order valence-electron chi connectivity index (χ4n) is 4.96. The number of benzene rings is 2. The Kier molecular flexibility index (Phi) is 6.12. The van der Waals surface area contributed by atoms with Crippen LogP contribution in [-0.2, 0) is 11.2 Å². The van der Waals surface area contributed by atoms with Crippen molar-refractivity contribution in [1.29, 1.82) is 0 Å². The first kappa shape index (κ1) is 21.9. The second kappa shape index (κ2) is 9.51. The minimum Gasteiger partial charge on any atom is -0.457 e. The number of ether oxygens (including phenoxy) is 1. The first-order valence-corrected chi connectivity index (χ1v) is 11.7. The van der Waals surface area contributed by atoms with Gasteiger partial charge in [0.05, 0.1) is 5.69 Å². The molecular weight excluding hydrogens is 424 g/mol. The molecule has 0 spiro atoms. The van der Waals surface area contributed by atoms with E-state index < -0.39 is 0 Å². The van der Waals surface area contributed by atoms with Gasteiger partial charge in [0.25, 0.3) is 0 Å². The number of anilines is 1. The van der Waals surface area contributed by atoms with Crippen LogP contribution in [0, 0.1) is 5.92 Å². The third-order valence-electron chi connectivity index (χ3n) is 6.69. The maximum absolute atomic E-state index is 12.3. The molecule has 2 aliphatic rings. The molecule has 0 saturated carbocycles. The highest BCUT2D eigenvalue weighted by atomic mass is 16.5. The first-order chi connectivity index (χ1) is 16.6. The number of likely N-dealkylation sites (tertiary alicyclic amines) is 1. The lowest BCUT2D eigenvalue weighted by Gasteiger charge is -2.36. The summed E-state index contributed by atoms with van der Waals surface area (Å²) in [6.07, 6.45) is 7.95. The van der Waals surface area contributed by atoms with Crippen LogP contribution in [0.15, 0.2) is 79.7 Å². The second-order valence-electron chi connectivity index (χ2n) is 8.83. The summed E-state index contributed by atoms with van der Waals surface area (Å²) in [5.41, 5.74) is 10.6. The Morgan fingerprint density at radius 3 is 2.62 bits per heavy atom. The zero-order valence-corrected chi connectivity index (χ0v) is 19.1. The van der Waals surface area contributed by atoms with Gasteiger partial charge in [-0.2, -0.15) is 0 Å². The number of piperidine rings is 1. The van der Waals surface area contributed by atoms with Crippen molar-refractivity contribution in [3.63, 3.8) is 0 Å². The second-order valence-corrected chi connectivity index (χ2v) is 8.83. The van der Waals surface area contributed by atoms with Crippen molar-refractivity contribution in [1.82, 2.24) is 14.9 Å². The number of fused-ring (bicyclic) bond motifs is 1. The van der Waals surface area contributed by atoms with E-state index in [1.165, 1.54) is 18.0 Å². The van der Waals surface area contributed by atoms with Crippen LogP contribution in [0.1, 0.15) is 35.6 Å². The number of rotatable bonds is 5. The van der Waals surface area contributed by atoms with E-state index in [2.05, 4.69) is 34.8 Å². The Morgan fingerprint density at radius 1 is 1.09 bits per heavy atom. The van der Waals surface area contributed by atoms with Crippen molar-refractivity contribution >= 4 is 17.3 Å². The van der Waals surface area contributed by atoms with Crippen molar-refractivity contribution in [3.05, 3.63) is 96.5 Å². The monoisotopic (exact) mass is 452 g/mol. The van der Waals surface area contributed by atoms with Gasteiger partial charge in [-0.15, -0.1) is 0 Å². The van der Waals surface area contributed by atoms with Gasteiger partial charge in [0, 0.05) is 30.5 Å². The highest BCUT2D eigenvalue weighted by Gasteiger charge is 2.32. The van der Waals surface area contributed by atoms with Crippen molar-refractivity contribution in [3.8, 4) is 11.5 Å². The van der Waals surface area contributed by atoms with E-state index in [1.54, 1.807) is 0 Å². The van der Waals surface area contributed by atoms with E-state index in [9.17, 15) is 4.79 Å². The molecule has 1 aliphatic heterocycles. The Hall–Kier alpha value is -3.93. The summed E-state index contributed by atoms with van der Waals surface area (Å²) < 4.78 is 5.96. The molecule has 0 bridgehead atoms. The van der Waals surface area contributed by atoms with Crippen LogP contribution in [0.25, 0.3) is 5.57 Å². The molecule has 0 radical (unpaired) electrons. The summed E-state index contributed by atoms with van der Waals surface area (Å²) in [5, 5.41) is 0. The van der Waals surface area contributed by atoms with Gasteiger partial charge in [-0.25, -0.2) is 9.97 Å². The fourth-order valence-corrected chi connectivity index (χ4v) is 4.96. The van der Waals surface area contributed by atoms with E-state index in [0.29, 0.717) is 12.4 Å². The average Bonchev–Trinajstić information content (AvgIpc) is 2.89. The Bertz CT molecular complexity index is 1220. The van der Waals surface area contributed by atoms with Crippen molar-refractivity contribution < 1.29 is 9.53 Å². The summed E-state index contributed by atoms with van der Waals surface area (Å²) in [7, 11) is 0. The lowest BCUT2D eigenvalue weighted by Crippen LogP contribution is -2.39. The standard InChI is InChI=1S/C28H28N4O2/c1-2-26(33)32-14-6-7-20(17-32)24-15-21(16-25-27(24)30-18-31-28(25)29)19-10-12-23(13-11-19)34-22-8-4-3-5-9-22/h2-5,8-13,15,18,20-21H,1,6-7,14,16-17H2,(H2,29,30,31). The number of nitrogens with zero attached hydrogens (tertiary/aromatic N) is 3. The number of carbonyl (C=O) groups is 1. The van der Waals surface area contributed by atoms with Gasteiger partial charge in [-0.3, -0.25) is 4.79 Å². The van der Waals surface area contributed by atoms with Crippen LogP contribution in [0.3, 0.4) is 0 Å². The summed E-state index contributed by atoms with van der Waals surface area (Å²) in [5.74, 6) is 2.46. The average molecular weight is 453 g/mol. The molecule has 2 unspecified atom stereocenters. The smallest absolute Gasteiger partial charge is 0.245 e. The third-order valence-corrected chi connectivity index (χ3v) is 6.69. The molecule has 1 saturated heterocycles. The third kappa shape index (κ3) is 4.44. The van der Waals surface area contributed by atoms with Crippen LogP contribution in [-0.4, -0.2) is 33.9 Å². The molecule has 6 nitrogen and oxygen atoms in total. The molecule has 1 fully saturated rings. The molecule has 5 rings (SSSR count). The topological polar surface area (TPSA) is 81.3 Å². The highest BCUT2D eigenvalue weighted by molar-refractivity contribution is 5.87. The lowest BCUT2D eigenvalue weighted by atomic mass is 9.77. The number of amides is 1. The minimum atomic E-state index is -0.0194.